The van der Waals surface area contributed by atoms with Crippen LogP contribution in [0.25, 0.3) is 0 Å². The van der Waals surface area contributed by atoms with E-state index in [4.69, 9.17) is 4.74 Å². The Morgan fingerprint density at radius 2 is 2.04 bits per heavy atom. The van der Waals surface area contributed by atoms with Gasteiger partial charge in [0.25, 0.3) is 0 Å². The Morgan fingerprint density at radius 3 is 2.83 bits per heavy atom. The van der Waals surface area contributed by atoms with Gasteiger partial charge in [-0.15, -0.1) is 0 Å². The number of hydrogen-bond acceptors (Lipinski definition) is 3. The summed E-state index contributed by atoms with van der Waals surface area (Å²) in [7, 11) is 0. The van der Waals surface area contributed by atoms with Crippen LogP contribution in [0.5, 0.6) is 0 Å². The van der Waals surface area contributed by atoms with Crippen molar-refractivity contribution in [2.45, 2.75) is 64.0 Å². The summed E-state index contributed by atoms with van der Waals surface area (Å²) in [6.45, 7) is 8.55. The Bertz CT molecular complexity index is 650. The summed E-state index contributed by atoms with van der Waals surface area (Å²) in [5.41, 5.74) is 4.01. The molecule has 0 saturated carbocycles. The van der Waals surface area contributed by atoms with E-state index in [2.05, 4.69) is 23.1 Å². The second kappa shape index (κ2) is 5.68. The summed E-state index contributed by atoms with van der Waals surface area (Å²) < 4.78 is 5.60. The third kappa shape index (κ3) is 2.66. The van der Waals surface area contributed by atoms with Crippen LogP contribution in [0.4, 0.5) is 10.5 Å². The molecule has 130 valence electrons. The average Bonchev–Trinajstić information content (AvgIpc) is 2.69. The lowest BCUT2D eigenvalue weighted by Crippen LogP contribution is -2.49. The van der Waals surface area contributed by atoms with E-state index in [0.717, 1.165) is 26.1 Å². The van der Waals surface area contributed by atoms with E-state index in [1.807, 2.05) is 25.7 Å². The Balaban J connectivity index is 1.60. The van der Waals surface area contributed by atoms with Gasteiger partial charge >= 0.3 is 6.09 Å². The molecule has 24 heavy (non-hydrogen) atoms. The number of hydrogen-bond donors (Lipinski definition) is 0. The molecule has 3 aliphatic rings. The van der Waals surface area contributed by atoms with E-state index in [-0.39, 0.29) is 6.09 Å². The fourth-order valence-electron chi connectivity index (χ4n) is 4.61. The average molecular weight is 328 g/mol. The Morgan fingerprint density at radius 1 is 1.21 bits per heavy atom. The number of carbonyl (C=O) groups is 1. The zero-order chi connectivity index (χ0) is 16.9. The van der Waals surface area contributed by atoms with Gasteiger partial charge in [0, 0.05) is 37.3 Å². The topological polar surface area (TPSA) is 32.8 Å². The molecule has 0 N–H and O–H groups in total. The highest BCUT2D eigenvalue weighted by Gasteiger charge is 2.44. The minimum absolute atomic E-state index is 0.163. The van der Waals surface area contributed by atoms with Crippen molar-refractivity contribution in [2.24, 2.45) is 0 Å². The number of benzene rings is 1. The van der Waals surface area contributed by atoms with Crippen LogP contribution >= 0.6 is 0 Å². The van der Waals surface area contributed by atoms with E-state index in [0.29, 0.717) is 12.0 Å². The van der Waals surface area contributed by atoms with Crippen LogP contribution in [-0.4, -0.2) is 42.3 Å². The van der Waals surface area contributed by atoms with E-state index >= 15 is 0 Å². The van der Waals surface area contributed by atoms with E-state index in [9.17, 15) is 4.79 Å². The SMILES string of the molecule is CC(C)(C)OC(=O)N1CCC2C(C1)c1cccc3c1N2CCCC3. The second-order valence-corrected chi connectivity index (χ2v) is 8.39. The highest BCUT2D eigenvalue weighted by molar-refractivity contribution is 5.71. The van der Waals surface area contributed by atoms with Crippen LogP contribution < -0.4 is 4.90 Å². The zero-order valence-electron chi connectivity index (χ0n) is 15.0. The van der Waals surface area contributed by atoms with Crippen LogP contribution in [0.3, 0.4) is 0 Å². The molecule has 0 bridgehead atoms. The molecule has 4 heteroatoms. The first-order valence-electron chi connectivity index (χ1n) is 9.30. The quantitative estimate of drug-likeness (QED) is 0.723. The first-order valence-corrected chi connectivity index (χ1v) is 9.30. The molecule has 1 fully saturated rings. The highest BCUT2D eigenvalue weighted by Crippen LogP contribution is 2.47. The first kappa shape index (κ1) is 15.8. The monoisotopic (exact) mass is 328 g/mol. The molecule has 1 amide bonds. The smallest absolute Gasteiger partial charge is 0.410 e. The minimum Gasteiger partial charge on any atom is -0.444 e. The largest absolute Gasteiger partial charge is 0.444 e. The molecule has 3 aliphatic heterocycles. The van der Waals surface area contributed by atoms with Gasteiger partial charge in [0.2, 0.25) is 0 Å². The maximum Gasteiger partial charge on any atom is 0.410 e. The van der Waals surface area contributed by atoms with Crippen molar-refractivity contribution in [1.82, 2.24) is 4.90 Å². The Labute approximate surface area is 144 Å². The number of likely N-dealkylation sites (tertiary alicyclic amines) is 1. The standard InChI is InChI=1S/C20H28N2O2/c1-20(2,3)24-19(23)21-12-10-17-16(13-21)15-9-6-8-14-7-4-5-11-22(17)18(14)15/h6,8-9,16-17H,4-5,7,10-13H2,1-3H3. The van der Waals surface area contributed by atoms with Gasteiger partial charge in [-0.3, -0.25) is 0 Å². The van der Waals surface area contributed by atoms with Crippen LogP contribution in [0.1, 0.15) is 57.1 Å². The first-order chi connectivity index (χ1) is 11.4. The van der Waals surface area contributed by atoms with Crippen molar-refractivity contribution in [2.75, 3.05) is 24.5 Å². The highest BCUT2D eigenvalue weighted by atomic mass is 16.6. The maximum absolute atomic E-state index is 12.5. The maximum atomic E-state index is 12.5. The Hall–Kier alpha value is -1.71. The van der Waals surface area contributed by atoms with Crippen LogP contribution in [-0.2, 0) is 11.2 Å². The van der Waals surface area contributed by atoms with Gasteiger partial charge in [-0.25, -0.2) is 4.79 Å². The zero-order valence-corrected chi connectivity index (χ0v) is 15.0. The van der Waals surface area contributed by atoms with Gasteiger partial charge < -0.3 is 14.5 Å². The van der Waals surface area contributed by atoms with Crippen molar-refractivity contribution in [3.8, 4) is 0 Å². The lowest BCUT2D eigenvalue weighted by atomic mass is 9.88. The Kier molecular flexibility index (Phi) is 3.74. The van der Waals surface area contributed by atoms with Crippen molar-refractivity contribution >= 4 is 11.8 Å². The number of carbonyl (C=O) groups excluding carboxylic acids is 1. The molecule has 1 saturated heterocycles. The molecular weight excluding hydrogens is 300 g/mol. The van der Waals surface area contributed by atoms with Gasteiger partial charge in [-0.05, 0) is 57.6 Å². The summed E-state index contributed by atoms with van der Waals surface area (Å²) in [6.07, 6.45) is 4.62. The number of ether oxygens (including phenoxy) is 1. The molecule has 3 heterocycles. The number of para-hydroxylation sites is 1. The summed E-state index contributed by atoms with van der Waals surface area (Å²) in [4.78, 5) is 17.1. The van der Waals surface area contributed by atoms with Gasteiger partial charge in [-0.1, -0.05) is 18.2 Å². The number of anilines is 1. The molecule has 0 aromatic heterocycles. The van der Waals surface area contributed by atoms with Crippen molar-refractivity contribution in [1.29, 1.82) is 0 Å². The molecule has 1 aromatic carbocycles. The number of fused-ring (bicyclic) bond motifs is 3. The summed E-state index contributed by atoms with van der Waals surface area (Å²) >= 11 is 0. The number of piperidine rings is 1. The molecule has 2 atom stereocenters. The van der Waals surface area contributed by atoms with Gasteiger partial charge in [0.05, 0.1) is 0 Å². The van der Waals surface area contributed by atoms with Crippen LogP contribution in [0.15, 0.2) is 18.2 Å². The molecule has 0 aliphatic carbocycles. The fourth-order valence-corrected chi connectivity index (χ4v) is 4.61. The van der Waals surface area contributed by atoms with E-state index in [1.54, 1.807) is 0 Å². The summed E-state index contributed by atoms with van der Waals surface area (Å²) in [5.74, 6) is 0.430. The van der Waals surface area contributed by atoms with E-state index < -0.39 is 5.60 Å². The van der Waals surface area contributed by atoms with Crippen LogP contribution in [0.2, 0.25) is 0 Å². The number of amides is 1. The van der Waals surface area contributed by atoms with Crippen LogP contribution in [0, 0.1) is 0 Å². The molecule has 4 nitrogen and oxygen atoms in total. The lowest BCUT2D eigenvalue weighted by molar-refractivity contribution is 0.0189. The number of nitrogens with zero attached hydrogens (tertiary/aromatic N) is 2. The van der Waals surface area contributed by atoms with Gasteiger partial charge in [-0.2, -0.15) is 0 Å². The fraction of sp³-hybridized carbons (Fsp3) is 0.650. The summed E-state index contributed by atoms with van der Waals surface area (Å²) in [6, 6.07) is 7.32. The molecule has 1 aromatic rings. The predicted octanol–water partition coefficient (Wildman–Crippen LogP) is 3.94. The molecule has 0 radical (unpaired) electrons. The lowest BCUT2D eigenvalue weighted by Gasteiger charge is -2.39. The minimum atomic E-state index is -0.429. The number of rotatable bonds is 0. The second-order valence-electron chi connectivity index (χ2n) is 8.39. The van der Waals surface area contributed by atoms with Gasteiger partial charge in [0.15, 0.2) is 0 Å². The van der Waals surface area contributed by atoms with Crippen molar-refractivity contribution in [3.63, 3.8) is 0 Å². The predicted molar refractivity (Wildman–Crippen MR) is 95.7 cm³/mol. The third-order valence-corrected chi connectivity index (χ3v) is 5.56. The summed E-state index contributed by atoms with van der Waals surface area (Å²) in [5, 5.41) is 0. The molecule has 4 rings (SSSR count). The normalized spacial score (nSPS) is 25.8. The van der Waals surface area contributed by atoms with Crippen molar-refractivity contribution < 1.29 is 9.53 Å². The molecule has 0 spiro atoms. The number of aryl methyl sites for hydroxylation is 1. The van der Waals surface area contributed by atoms with Gasteiger partial charge in [0.1, 0.15) is 5.60 Å². The molecular formula is C20H28N2O2. The van der Waals surface area contributed by atoms with Crippen molar-refractivity contribution in [3.05, 3.63) is 29.3 Å². The molecule has 2 unspecified atom stereocenters. The van der Waals surface area contributed by atoms with E-state index in [1.165, 1.54) is 36.1 Å². The third-order valence-electron chi connectivity index (χ3n) is 5.56.